The average molecular weight is 275 g/mol. The lowest BCUT2D eigenvalue weighted by molar-refractivity contribution is 0.105. The van der Waals surface area contributed by atoms with Crippen LogP contribution in [0.2, 0.25) is 0 Å². The highest BCUT2D eigenvalue weighted by Crippen LogP contribution is 2.32. The Balaban J connectivity index is 2.05. The molecular weight excluding hydrogens is 254 g/mol. The summed E-state index contributed by atoms with van der Waals surface area (Å²) in [5.74, 6) is 0.900. The zero-order chi connectivity index (χ0) is 14.5. The molecule has 0 radical (unpaired) electrons. The van der Waals surface area contributed by atoms with Crippen LogP contribution in [0.25, 0.3) is 10.8 Å². The molecule has 3 N–H and O–H groups in total. The van der Waals surface area contributed by atoms with Crippen LogP contribution >= 0.6 is 0 Å². The zero-order valence-corrected chi connectivity index (χ0v) is 11.8. The molecule has 0 aliphatic rings. The number of aliphatic hydroxyl groups excluding tert-OH is 1. The van der Waals surface area contributed by atoms with Gasteiger partial charge in [-0.15, -0.1) is 0 Å². The molecule has 0 saturated carbocycles. The molecule has 0 saturated heterocycles. The van der Waals surface area contributed by atoms with Gasteiger partial charge >= 0.3 is 0 Å². The van der Waals surface area contributed by atoms with Crippen molar-refractivity contribution in [3.63, 3.8) is 0 Å². The standard InChI is InChI=1S/C16H21NO3/c1-11(2)17-9-12(18)10-20-16-8-7-15(19)13-5-3-4-6-14(13)16/h3-8,11-12,17-19H,9-10H2,1-2H3/t12-/m0/s1. The highest BCUT2D eigenvalue weighted by Gasteiger charge is 2.09. The van der Waals surface area contributed by atoms with Crippen LogP contribution in [0.3, 0.4) is 0 Å². The predicted octanol–water partition coefficient (Wildman–Crippen LogP) is 2.28. The van der Waals surface area contributed by atoms with Crippen LogP contribution in [0.1, 0.15) is 13.8 Å². The summed E-state index contributed by atoms with van der Waals surface area (Å²) in [6, 6.07) is 11.2. The number of benzene rings is 2. The van der Waals surface area contributed by atoms with E-state index in [1.807, 2.05) is 38.1 Å². The Hall–Kier alpha value is -1.78. The quantitative estimate of drug-likeness (QED) is 0.757. The summed E-state index contributed by atoms with van der Waals surface area (Å²) in [7, 11) is 0. The number of hydrogen-bond acceptors (Lipinski definition) is 4. The van der Waals surface area contributed by atoms with Gasteiger partial charge in [-0.2, -0.15) is 0 Å². The smallest absolute Gasteiger partial charge is 0.127 e. The fourth-order valence-corrected chi connectivity index (χ4v) is 2.00. The number of rotatable bonds is 6. The van der Waals surface area contributed by atoms with Gasteiger partial charge in [-0.25, -0.2) is 0 Å². The van der Waals surface area contributed by atoms with E-state index in [0.29, 0.717) is 18.3 Å². The first-order valence-corrected chi connectivity index (χ1v) is 6.83. The SMILES string of the molecule is CC(C)NC[C@H](O)COc1ccc(O)c2ccccc12. The first-order chi connectivity index (χ1) is 9.58. The molecule has 0 spiro atoms. The molecule has 4 nitrogen and oxygen atoms in total. The van der Waals surface area contributed by atoms with Crippen LogP contribution in [-0.4, -0.2) is 35.5 Å². The number of phenolic OH excluding ortho intramolecular Hbond substituents is 1. The third-order valence-electron chi connectivity index (χ3n) is 3.05. The molecular formula is C16H21NO3. The van der Waals surface area contributed by atoms with E-state index < -0.39 is 6.10 Å². The monoisotopic (exact) mass is 275 g/mol. The third kappa shape index (κ3) is 3.62. The minimum absolute atomic E-state index is 0.217. The van der Waals surface area contributed by atoms with Gasteiger partial charge in [0.05, 0.1) is 0 Å². The van der Waals surface area contributed by atoms with E-state index in [1.165, 1.54) is 0 Å². The second kappa shape index (κ2) is 6.59. The van der Waals surface area contributed by atoms with Crippen molar-refractivity contribution in [3.05, 3.63) is 36.4 Å². The predicted molar refractivity (Wildman–Crippen MR) is 80.3 cm³/mol. The third-order valence-corrected chi connectivity index (χ3v) is 3.05. The summed E-state index contributed by atoms with van der Waals surface area (Å²) in [5, 5.41) is 24.4. The summed E-state index contributed by atoms with van der Waals surface area (Å²) >= 11 is 0. The Kier molecular flexibility index (Phi) is 4.82. The molecule has 2 aromatic rings. The Morgan fingerprint density at radius 1 is 1.10 bits per heavy atom. The molecule has 0 aliphatic carbocycles. The molecule has 0 fully saturated rings. The summed E-state index contributed by atoms with van der Waals surface area (Å²) in [6.07, 6.45) is -0.565. The fraction of sp³-hybridized carbons (Fsp3) is 0.375. The molecule has 108 valence electrons. The normalized spacial score (nSPS) is 12.8. The minimum atomic E-state index is -0.565. The zero-order valence-electron chi connectivity index (χ0n) is 11.8. The second-order valence-electron chi connectivity index (χ2n) is 5.16. The van der Waals surface area contributed by atoms with E-state index in [-0.39, 0.29) is 12.4 Å². The molecule has 0 aromatic heterocycles. The van der Waals surface area contributed by atoms with Gasteiger partial charge < -0.3 is 20.3 Å². The summed E-state index contributed by atoms with van der Waals surface area (Å²) in [4.78, 5) is 0. The topological polar surface area (TPSA) is 61.7 Å². The molecule has 1 atom stereocenters. The molecule has 0 aliphatic heterocycles. The van der Waals surface area contributed by atoms with Gasteiger partial charge in [0.2, 0.25) is 0 Å². The maximum absolute atomic E-state index is 9.85. The number of ether oxygens (including phenoxy) is 1. The van der Waals surface area contributed by atoms with Crippen molar-refractivity contribution >= 4 is 10.8 Å². The Morgan fingerprint density at radius 2 is 1.80 bits per heavy atom. The summed E-state index contributed by atoms with van der Waals surface area (Å²) in [5.41, 5.74) is 0. The van der Waals surface area contributed by atoms with Crippen LogP contribution in [0.5, 0.6) is 11.5 Å². The van der Waals surface area contributed by atoms with Crippen molar-refractivity contribution in [2.75, 3.05) is 13.2 Å². The van der Waals surface area contributed by atoms with Crippen molar-refractivity contribution in [1.82, 2.24) is 5.32 Å². The van der Waals surface area contributed by atoms with Gasteiger partial charge in [0.1, 0.15) is 24.2 Å². The lowest BCUT2D eigenvalue weighted by Crippen LogP contribution is -2.35. The number of hydrogen-bond donors (Lipinski definition) is 3. The summed E-state index contributed by atoms with van der Waals surface area (Å²) < 4.78 is 5.67. The van der Waals surface area contributed by atoms with Crippen molar-refractivity contribution in [2.24, 2.45) is 0 Å². The minimum Gasteiger partial charge on any atom is -0.507 e. The lowest BCUT2D eigenvalue weighted by atomic mass is 10.1. The number of phenols is 1. The van der Waals surface area contributed by atoms with Crippen LogP contribution < -0.4 is 10.1 Å². The maximum Gasteiger partial charge on any atom is 0.127 e. The van der Waals surface area contributed by atoms with Gasteiger partial charge in [-0.3, -0.25) is 0 Å². The van der Waals surface area contributed by atoms with E-state index in [2.05, 4.69) is 5.32 Å². The maximum atomic E-state index is 9.85. The van der Waals surface area contributed by atoms with Gasteiger partial charge in [0.25, 0.3) is 0 Å². The van der Waals surface area contributed by atoms with E-state index in [9.17, 15) is 10.2 Å². The largest absolute Gasteiger partial charge is 0.507 e. The van der Waals surface area contributed by atoms with Crippen LogP contribution in [0, 0.1) is 0 Å². The van der Waals surface area contributed by atoms with Crippen molar-refractivity contribution in [1.29, 1.82) is 0 Å². The van der Waals surface area contributed by atoms with Gasteiger partial charge in [0.15, 0.2) is 0 Å². The first-order valence-electron chi connectivity index (χ1n) is 6.83. The number of aliphatic hydroxyl groups is 1. The molecule has 20 heavy (non-hydrogen) atoms. The van der Waals surface area contributed by atoms with Crippen molar-refractivity contribution in [3.8, 4) is 11.5 Å². The Labute approximate surface area is 119 Å². The first kappa shape index (κ1) is 14.6. The van der Waals surface area contributed by atoms with E-state index in [1.54, 1.807) is 12.1 Å². The van der Waals surface area contributed by atoms with Crippen molar-refractivity contribution < 1.29 is 14.9 Å². The van der Waals surface area contributed by atoms with Crippen LogP contribution in [0.15, 0.2) is 36.4 Å². The highest BCUT2D eigenvalue weighted by atomic mass is 16.5. The van der Waals surface area contributed by atoms with Crippen LogP contribution in [-0.2, 0) is 0 Å². The molecule has 0 heterocycles. The second-order valence-corrected chi connectivity index (χ2v) is 5.16. The molecule has 2 aromatic carbocycles. The molecule has 0 bridgehead atoms. The van der Waals surface area contributed by atoms with E-state index in [4.69, 9.17) is 4.74 Å². The molecule has 4 heteroatoms. The molecule has 0 unspecified atom stereocenters. The summed E-state index contributed by atoms with van der Waals surface area (Å²) in [6.45, 7) is 4.77. The molecule has 0 amide bonds. The highest BCUT2D eigenvalue weighted by molar-refractivity contribution is 5.92. The van der Waals surface area contributed by atoms with Crippen LogP contribution in [0.4, 0.5) is 0 Å². The van der Waals surface area contributed by atoms with Gasteiger partial charge in [-0.1, -0.05) is 38.1 Å². The number of aromatic hydroxyl groups is 1. The number of nitrogens with one attached hydrogen (secondary N) is 1. The van der Waals surface area contributed by atoms with Gasteiger partial charge in [-0.05, 0) is 12.1 Å². The average Bonchev–Trinajstić information content (AvgIpc) is 2.45. The fourth-order valence-electron chi connectivity index (χ4n) is 2.00. The Morgan fingerprint density at radius 3 is 2.50 bits per heavy atom. The van der Waals surface area contributed by atoms with E-state index in [0.717, 1.165) is 10.8 Å². The van der Waals surface area contributed by atoms with E-state index >= 15 is 0 Å². The Bertz CT molecular complexity index is 569. The number of fused-ring (bicyclic) bond motifs is 1. The lowest BCUT2D eigenvalue weighted by Gasteiger charge is -2.16. The van der Waals surface area contributed by atoms with Gasteiger partial charge in [0, 0.05) is 23.4 Å². The molecule has 2 rings (SSSR count). The van der Waals surface area contributed by atoms with Crippen molar-refractivity contribution in [2.45, 2.75) is 26.0 Å².